The predicted molar refractivity (Wildman–Crippen MR) is 203 cm³/mol. The molecule has 0 saturated carbocycles. The molecule has 0 aliphatic carbocycles. The number of rotatable bonds is 10. The van der Waals surface area contributed by atoms with E-state index in [0.29, 0.717) is 88.0 Å². The van der Waals surface area contributed by atoms with Crippen LogP contribution in [-0.2, 0) is 9.47 Å². The Morgan fingerprint density at radius 2 is 0.769 bits per heavy atom. The molecule has 2 aliphatic heterocycles. The monoisotopic (exact) mass is 690 g/mol. The lowest BCUT2D eigenvalue weighted by atomic mass is 9.93. The molecule has 0 unspecified atom stereocenters. The number of para-hydroxylation sites is 2. The number of benzene rings is 4. The predicted octanol–water partition coefficient (Wildman–Crippen LogP) is 6.22. The van der Waals surface area contributed by atoms with E-state index < -0.39 is 0 Å². The van der Waals surface area contributed by atoms with Gasteiger partial charge in [0.2, 0.25) is 23.8 Å². The Morgan fingerprint density at radius 1 is 0.423 bits per heavy atom. The zero-order valence-electron chi connectivity index (χ0n) is 28.6. The molecule has 0 spiro atoms. The Hall–Kier alpha value is -6.24. The number of hydrogen-bond acceptors (Lipinski definition) is 12. The van der Waals surface area contributed by atoms with Gasteiger partial charge in [-0.15, -0.1) is 0 Å². The second kappa shape index (κ2) is 15.8. The molecule has 6 aromatic rings. The number of nitrogens with one attached hydrogen (secondary N) is 2. The van der Waals surface area contributed by atoms with Gasteiger partial charge in [0, 0.05) is 48.7 Å². The van der Waals surface area contributed by atoms with Crippen LogP contribution >= 0.6 is 0 Å². The summed E-state index contributed by atoms with van der Waals surface area (Å²) in [5.74, 6) is 2.92. The first-order valence-electron chi connectivity index (χ1n) is 17.4. The molecule has 0 amide bonds. The van der Waals surface area contributed by atoms with Gasteiger partial charge >= 0.3 is 0 Å². The molecule has 4 heterocycles. The minimum Gasteiger partial charge on any atom is -0.378 e. The van der Waals surface area contributed by atoms with E-state index in [9.17, 15) is 0 Å². The SMILES string of the molecule is c1ccc(Nc2nc(C(=C(c3ccccc3)c3nc(Nc4ccccc4)nc(N4CCOCC4)n3)c3ccccc3)nc(N3CCOCC3)n2)cc1. The van der Waals surface area contributed by atoms with Gasteiger partial charge in [0.1, 0.15) is 0 Å². The van der Waals surface area contributed by atoms with E-state index in [0.717, 1.165) is 33.6 Å². The number of anilines is 6. The van der Waals surface area contributed by atoms with E-state index in [-0.39, 0.29) is 0 Å². The smallest absolute Gasteiger partial charge is 0.232 e. The van der Waals surface area contributed by atoms with Crippen molar-refractivity contribution in [1.82, 2.24) is 29.9 Å². The average Bonchev–Trinajstić information content (AvgIpc) is 3.22. The first-order chi connectivity index (χ1) is 25.8. The second-order valence-corrected chi connectivity index (χ2v) is 12.2. The molecular weight excluding hydrogens is 653 g/mol. The highest BCUT2D eigenvalue weighted by Crippen LogP contribution is 2.36. The van der Waals surface area contributed by atoms with Gasteiger partial charge in [-0.05, 0) is 35.4 Å². The number of morpholine rings is 2. The van der Waals surface area contributed by atoms with Crippen LogP contribution in [0.2, 0.25) is 0 Å². The van der Waals surface area contributed by atoms with Crippen molar-refractivity contribution in [2.24, 2.45) is 0 Å². The normalized spacial score (nSPS) is 15.2. The Bertz CT molecular complexity index is 1960. The summed E-state index contributed by atoms with van der Waals surface area (Å²) in [6.45, 7) is 5.00. The van der Waals surface area contributed by atoms with E-state index in [1.54, 1.807) is 0 Å². The van der Waals surface area contributed by atoms with Crippen LogP contribution in [0.3, 0.4) is 0 Å². The van der Waals surface area contributed by atoms with Crippen LogP contribution in [-0.4, -0.2) is 82.5 Å². The van der Waals surface area contributed by atoms with Crippen LogP contribution in [0.25, 0.3) is 11.1 Å². The van der Waals surface area contributed by atoms with E-state index in [1.165, 1.54) is 0 Å². The Labute approximate surface area is 302 Å². The van der Waals surface area contributed by atoms with E-state index >= 15 is 0 Å². The minimum atomic E-state index is 0.426. The third-order valence-electron chi connectivity index (χ3n) is 8.72. The van der Waals surface area contributed by atoms with Gasteiger partial charge in [0.15, 0.2) is 11.6 Å². The van der Waals surface area contributed by atoms with Crippen LogP contribution in [0, 0.1) is 0 Å². The summed E-state index contributed by atoms with van der Waals surface area (Å²) >= 11 is 0. The Kier molecular flexibility index (Phi) is 9.98. The molecule has 12 heteroatoms. The van der Waals surface area contributed by atoms with E-state index in [4.69, 9.17) is 39.4 Å². The van der Waals surface area contributed by atoms with E-state index in [1.807, 2.05) is 97.1 Å². The van der Waals surface area contributed by atoms with Crippen LogP contribution < -0.4 is 20.4 Å². The molecule has 260 valence electrons. The molecule has 52 heavy (non-hydrogen) atoms. The maximum absolute atomic E-state index is 5.68. The van der Waals surface area contributed by atoms with Crippen LogP contribution in [0.5, 0.6) is 0 Å². The zero-order chi connectivity index (χ0) is 35.0. The van der Waals surface area contributed by atoms with Crippen molar-refractivity contribution in [3.63, 3.8) is 0 Å². The summed E-state index contributed by atoms with van der Waals surface area (Å²) < 4.78 is 11.4. The maximum atomic E-state index is 5.68. The topological polar surface area (TPSA) is 126 Å². The maximum Gasteiger partial charge on any atom is 0.232 e. The van der Waals surface area contributed by atoms with Gasteiger partial charge in [-0.2, -0.15) is 29.9 Å². The molecule has 2 aromatic heterocycles. The van der Waals surface area contributed by atoms with Gasteiger partial charge in [-0.25, -0.2) is 0 Å². The highest BCUT2D eigenvalue weighted by Gasteiger charge is 2.26. The Morgan fingerprint density at radius 3 is 1.13 bits per heavy atom. The van der Waals surface area contributed by atoms with Crippen molar-refractivity contribution < 1.29 is 9.47 Å². The van der Waals surface area contributed by atoms with Crippen LogP contribution in [0.1, 0.15) is 22.8 Å². The number of hydrogen-bond donors (Lipinski definition) is 2. The lowest BCUT2D eigenvalue weighted by Crippen LogP contribution is -2.37. The molecule has 8 rings (SSSR count). The highest BCUT2D eigenvalue weighted by atomic mass is 16.5. The molecular formula is C40H38N10O2. The van der Waals surface area contributed by atoms with Crippen molar-refractivity contribution >= 4 is 46.3 Å². The average molecular weight is 691 g/mol. The van der Waals surface area contributed by atoms with Crippen molar-refractivity contribution in [3.8, 4) is 0 Å². The number of nitrogens with zero attached hydrogens (tertiary/aromatic N) is 8. The van der Waals surface area contributed by atoms with Gasteiger partial charge in [0.25, 0.3) is 0 Å². The van der Waals surface area contributed by atoms with Gasteiger partial charge in [0.05, 0.1) is 26.4 Å². The molecule has 2 fully saturated rings. The summed E-state index contributed by atoms with van der Waals surface area (Å²) in [7, 11) is 0. The Balaban J connectivity index is 1.39. The van der Waals surface area contributed by atoms with Crippen LogP contribution in [0.4, 0.5) is 35.2 Å². The lowest BCUT2D eigenvalue weighted by Gasteiger charge is -2.28. The number of ether oxygens (including phenoxy) is 2. The standard InChI is InChI=1S/C40H38N10O2/c1-5-13-29(14-6-1)33(35-43-37(41-31-17-9-3-10-18-31)47-39(45-35)49-21-25-51-26-22-49)34(30-15-7-2-8-16-30)36-44-38(42-32-19-11-4-12-20-32)48-40(46-36)50-23-27-52-28-24-50/h1-20H,21-28H2,(H,41,43,45,47)(H,42,44,46,48). The molecule has 0 atom stereocenters. The molecule has 2 aliphatic rings. The fourth-order valence-corrected chi connectivity index (χ4v) is 6.16. The largest absolute Gasteiger partial charge is 0.378 e. The fraction of sp³-hybridized carbons (Fsp3) is 0.200. The lowest BCUT2D eigenvalue weighted by molar-refractivity contribution is 0.122. The van der Waals surface area contributed by atoms with Crippen molar-refractivity contribution in [2.45, 2.75) is 0 Å². The molecule has 12 nitrogen and oxygen atoms in total. The summed E-state index contributed by atoms with van der Waals surface area (Å²) in [6, 6.07) is 40.1. The first kappa shape index (κ1) is 32.9. The molecule has 0 bridgehead atoms. The third-order valence-corrected chi connectivity index (χ3v) is 8.72. The summed E-state index contributed by atoms with van der Waals surface area (Å²) in [6.07, 6.45) is 0. The summed E-state index contributed by atoms with van der Waals surface area (Å²) in [5.41, 5.74) is 5.04. The zero-order valence-corrected chi connectivity index (χ0v) is 28.6. The van der Waals surface area contributed by atoms with Gasteiger partial charge in [-0.1, -0.05) is 97.1 Å². The number of aromatic nitrogens is 6. The van der Waals surface area contributed by atoms with Gasteiger partial charge < -0.3 is 29.9 Å². The quantitative estimate of drug-likeness (QED) is 0.158. The first-order valence-corrected chi connectivity index (χ1v) is 17.4. The molecule has 0 radical (unpaired) electrons. The fourth-order valence-electron chi connectivity index (χ4n) is 6.16. The second-order valence-electron chi connectivity index (χ2n) is 12.2. The van der Waals surface area contributed by atoms with Crippen LogP contribution in [0.15, 0.2) is 121 Å². The highest BCUT2D eigenvalue weighted by molar-refractivity contribution is 6.02. The summed E-state index contributed by atoms with van der Waals surface area (Å²) in [5, 5.41) is 6.85. The summed E-state index contributed by atoms with van der Waals surface area (Å²) in [4.78, 5) is 34.7. The van der Waals surface area contributed by atoms with Gasteiger partial charge in [-0.3, -0.25) is 0 Å². The minimum absolute atomic E-state index is 0.426. The molecule has 2 saturated heterocycles. The van der Waals surface area contributed by atoms with Crippen molar-refractivity contribution in [1.29, 1.82) is 0 Å². The van der Waals surface area contributed by atoms with Crippen molar-refractivity contribution in [2.75, 3.05) is 73.0 Å². The third kappa shape index (κ3) is 7.73. The van der Waals surface area contributed by atoms with Crippen molar-refractivity contribution in [3.05, 3.63) is 144 Å². The van der Waals surface area contributed by atoms with E-state index in [2.05, 4.69) is 44.7 Å². The molecule has 2 N–H and O–H groups in total. The molecule has 4 aromatic carbocycles.